The molecule has 182 valence electrons. The lowest BCUT2D eigenvalue weighted by Crippen LogP contribution is -2.51. The van der Waals surface area contributed by atoms with Crippen molar-refractivity contribution in [3.63, 3.8) is 0 Å². The van der Waals surface area contributed by atoms with E-state index in [0.717, 1.165) is 30.6 Å². The van der Waals surface area contributed by atoms with Gasteiger partial charge in [-0.1, -0.05) is 6.92 Å². The molecule has 2 aromatic carbocycles. The molecule has 35 heavy (non-hydrogen) atoms. The van der Waals surface area contributed by atoms with Gasteiger partial charge in [-0.2, -0.15) is 5.10 Å². The summed E-state index contributed by atoms with van der Waals surface area (Å²) >= 11 is 4.19. The van der Waals surface area contributed by atoms with Crippen LogP contribution in [0.25, 0.3) is 22.0 Å². The molecule has 8 nitrogen and oxygen atoms in total. The second kappa shape index (κ2) is 9.35. The second-order valence-electron chi connectivity index (χ2n) is 9.03. The van der Waals surface area contributed by atoms with Gasteiger partial charge in [-0.15, -0.1) is 12.6 Å². The van der Waals surface area contributed by atoms with Gasteiger partial charge in [-0.05, 0) is 43.3 Å². The van der Waals surface area contributed by atoms with Crippen molar-refractivity contribution >= 4 is 40.7 Å². The molecule has 3 N–H and O–H groups in total. The van der Waals surface area contributed by atoms with Crippen LogP contribution < -0.4 is 15.8 Å². The third-order valence-electron chi connectivity index (χ3n) is 6.44. The van der Waals surface area contributed by atoms with Crippen LogP contribution in [0.5, 0.6) is 5.75 Å². The minimum Gasteiger partial charge on any atom is -0.489 e. The van der Waals surface area contributed by atoms with E-state index < -0.39 is 5.82 Å². The number of halogens is 1. The van der Waals surface area contributed by atoms with Gasteiger partial charge in [0.15, 0.2) is 5.82 Å². The molecule has 0 aliphatic carbocycles. The number of thiol groups is 1. The maximum atomic E-state index is 14.9. The lowest BCUT2D eigenvalue weighted by Gasteiger charge is -2.41. The van der Waals surface area contributed by atoms with E-state index >= 15 is 0 Å². The first-order valence-corrected chi connectivity index (χ1v) is 12.0. The van der Waals surface area contributed by atoms with Gasteiger partial charge >= 0.3 is 0 Å². The van der Waals surface area contributed by atoms with E-state index in [1.807, 2.05) is 31.6 Å². The summed E-state index contributed by atoms with van der Waals surface area (Å²) in [6, 6.07) is 7.13. The summed E-state index contributed by atoms with van der Waals surface area (Å²) in [5.41, 5.74) is 8.85. The summed E-state index contributed by atoms with van der Waals surface area (Å²) in [5.74, 6) is 0.982. The van der Waals surface area contributed by atoms with Gasteiger partial charge in [0.25, 0.3) is 0 Å². The summed E-state index contributed by atoms with van der Waals surface area (Å²) < 4.78 is 23.3. The fourth-order valence-electron chi connectivity index (χ4n) is 4.54. The van der Waals surface area contributed by atoms with Crippen molar-refractivity contribution in [3.8, 4) is 16.9 Å². The number of ether oxygens (including phenoxy) is 1. The first-order chi connectivity index (χ1) is 16.8. The third-order valence-corrected chi connectivity index (χ3v) is 6.89. The lowest BCUT2D eigenvalue weighted by molar-refractivity contribution is 0.0241. The maximum Gasteiger partial charge on any atom is 0.162 e. The zero-order valence-corrected chi connectivity index (χ0v) is 20.8. The Labute approximate surface area is 208 Å². The molecule has 0 amide bonds. The van der Waals surface area contributed by atoms with Gasteiger partial charge in [0.05, 0.1) is 27.7 Å². The second-order valence-corrected chi connectivity index (χ2v) is 9.48. The highest BCUT2D eigenvalue weighted by Gasteiger charge is 2.32. The predicted octanol–water partition coefficient (Wildman–Crippen LogP) is 4.50. The monoisotopic (exact) mass is 493 g/mol. The number of anilines is 3. The molecule has 0 radical (unpaired) electrons. The van der Waals surface area contributed by atoms with E-state index in [0.29, 0.717) is 28.4 Å². The number of hydrogen-bond donors (Lipinski definition) is 3. The zero-order valence-electron chi connectivity index (χ0n) is 19.9. The van der Waals surface area contributed by atoms with Crippen LogP contribution in [0.2, 0.25) is 0 Å². The normalized spacial score (nSPS) is 15.2. The minimum absolute atomic E-state index is 0.0314. The van der Waals surface area contributed by atoms with Crippen LogP contribution in [-0.2, 0) is 7.05 Å². The number of nitrogen functional groups attached to an aromatic ring is 1. The highest BCUT2D eigenvalue weighted by molar-refractivity contribution is 7.80. The van der Waals surface area contributed by atoms with Crippen molar-refractivity contribution in [3.05, 3.63) is 48.8 Å². The zero-order chi connectivity index (χ0) is 24.7. The van der Waals surface area contributed by atoms with Crippen molar-refractivity contribution in [2.45, 2.75) is 24.3 Å². The molecule has 10 heteroatoms. The Morgan fingerprint density at radius 3 is 2.71 bits per heavy atom. The number of nitrogens with zero attached hydrogens (tertiary/aromatic N) is 5. The van der Waals surface area contributed by atoms with Crippen molar-refractivity contribution in [1.82, 2.24) is 24.6 Å². The molecule has 1 atom stereocenters. The number of hydrogen-bond acceptors (Lipinski definition) is 8. The van der Waals surface area contributed by atoms with E-state index in [2.05, 4.69) is 51.9 Å². The van der Waals surface area contributed by atoms with Crippen LogP contribution in [-0.4, -0.2) is 50.9 Å². The van der Waals surface area contributed by atoms with Gasteiger partial charge in [-0.3, -0.25) is 4.68 Å². The van der Waals surface area contributed by atoms with E-state index in [4.69, 9.17) is 10.5 Å². The average Bonchev–Trinajstić information content (AvgIpc) is 3.27. The van der Waals surface area contributed by atoms with Gasteiger partial charge in [-0.25, -0.2) is 14.4 Å². The van der Waals surface area contributed by atoms with Crippen molar-refractivity contribution in [2.75, 3.05) is 31.2 Å². The highest BCUT2D eigenvalue weighted by Crippen LogP contribution is 2.39. The van der Waals surface area contributed by atoms with Gasteiger partial charge in [0, 0.05) is 43.5 Å². The van der Waals surface area contributed by atoms with Gasteiger partial charge in [0.1, 0.15) is 24.0 Å². The van der Waals surface area contributed by atoms with Crippen LogP contribution >= 0.6 is 12.6 Å². The molecule has 1 aliphatic heterocycles. The molecule has 0 spiro atoms. The standard InChI is InChI=1S/C25H28FN7OS/c1-4-20(16-10-32(2)11-16)34-21-8-14(15-9-30-33(3)12-15)7-19-22(21)25(29-13-28-19)31-18-6-5-17(27)24(35)23(18)26/h5-9,12-13,16,20,35H,4,10-11,27H2,1-3H3,(H,28,29,31)/t20-/m0/s1. The SMILES string of the molecule is CC[C@H](Oc1cc(-c2cnn(C)c2)cc2ncnc(Nc3ccc(N)c(S)c3F)c12)C1CN(C)C1. The molecule has 5 rings (SSSR count). The highest BCUT2D eigenvalue weighted by atomic mass is 32.1. The fourth-order valence-corrected chi connectivity index (χ4v) is 4.74. The summed E-state index contributed by atoms with van der Waals surface area (Å²) in [6.45, 7) is 4.10. The van der Waals surface area contributed by atoms with Crippen LogP contribution in [0.15, 0.2) is 47.9 Å². The summed E-state index contributed by atoms with van der Waals surface area (Å²) in [4.78, 5) is 11.3. The Hall–Kier alpha value is -3.37. The van der Waals surface area contributed by atoms with E-state index in [-0.39, 0.29) is 22.4 Å². The van der Waals surface area contributed by atoms with Gasteiger partial charge in [0.2, 0.25) is 0 Å². The molecule has 1 fully saturated rings. The fraction of sp³-hybridized carbons (Fsp3) is 0.320. The Morgan fingerprint density at radius 1 is 1.23 bits per heavy atom. The number of benzene rings is 2. The Bertz CT molecular complexity index is 1390. The smallest absolute Gasteiger partial charge is 0.162 e. The van der Waals surface area contributed by atoms with Crippen molar-refractivity contribution in [2.24, 2.45) is 13.0 Å². The van der Waals surface area contributed by atoms with Gasteiger partial charge < -0.3 is 20.7 Å². The first kappa shape index (κ1) is 23.4. The molecule has 2 aromatic heterocycles. The first-order valence-electron chi connectivity index (χ1n) is 11.5. The Balaban J connectivity index is 1.62. The van der Waals surface area contributed by atoms with E-state index in [1.165, 1.54) is 6.33 Å². The number of rotatable bonds is 7. The predicted molar refractivity (Wildman–Crippen MR) is 139 cm³/mol. The number of aromatic nitrogens is 4. The van der Waals surface area contributed by atoms with Crippen LogP contribution in [0.3, 0.4) is 0 Å². The molecule has 4 aromatic rings. The largest absolute Gasteiger partial charge is 0.489 e. The number of nitrogens with one attached hydrogen (secondary N) is 1. The maximum absolute atomic E-state index is 14.9. The molecule has 0 bridgehead atoms. The molecular formula is C25H28FN7OS. The van der Waals surface area contributed by atoms with Crippen LogP contribution in [0, 0.1) is 11.7 Å². The quantitative estimate of drug-likeness (QED) is 0.258. The Kier molecular flexibility index (Phi) is 6.24. The minimum atomic E-state index is -0.543. The van der Waals surface area contributed by atoms with Crippen molar-refractivity contribution < 1.29 is 9.13 Å². The molecule has 1 saturated heterocycles. The van der Waals surface area contributed by atoms with Crippen LogP contribution in [0.4, 0.5) is 21.6 Å². The molecule has 3 heterocycles. The van der Waals surface area contributed by atoms with Crippen LogP contribution in [0.1, 0.15) is 13.3 Å². The van der Waals surface area contributed by atoms with Crippen molar-refractivity contribution in [1.29, 1.82) is 0 Å². The molecule has 0 unspecified atom stereocenters. The summed E-state index contributed by atoms with van der Waals surface area (Å²) in [5, 5.41) is 8.09. The lowest BCUT2D eigenvalue weighted by atomic mass is 9.92. The molecule has 1 aliphatic rings. The third kappa shape index (κ3) is 4.51. The Morgan fingerprint density at radius 2 is 2.03 bits per heavy atom. The topological polar surface area (TPSA) is 94.1 Å². The summed E-state index contributed by atoms with van der Waals surface area (Å²) in [7, 11) is 3.98. The van der Waals surface area contributed by atoms with E-state index in [9.17, 15) is 4.39 Å². The number of aryl methyl sites for hydroxylation is 1. The molecular weight excluding hydrogens is 465 g/mol. The molecule has 0 saturated carbocycles. The average molecular weight is 494 g/mol. The number of fused-ring (bicyclic) bond motifs is 1. The number of likely N-dealkylation sites (tertiary alicyclic amines) is 1. The number of nitrogens with two attached hydrogens (primary N) is 1. The van der Waals surface area contributed by atoms with E-state index in [1.54, 1.807) is 16.8 Å². The summed E-state index contributed by atoms with van der Waals surface area (Å²) in [6.07, 6.45) is 6.10.